The predicted octanol–water partition coefficient (Wildman–Crippen LogP) is 3.32. The lowest BCUT2D eigenvalue weighted by Crippen LogP contribution is -2.40. The molecule has 0 bridgehead atoms. The van der Waals surface area contributed by atoms with E-state index in [4.69, 9.17) is 4.74 Å². The third kappa shape index (κ3) is 3.72. The zero-order valence-electron chi connectivity index (χ0n) is 12.5. The van der Waals surface area contributed by atoms with Crippen LogP contribution in [-0.4, -0.2) is 29.5 Å². The van der Waals surface area contributed by atoms with E-state index >= 15 is 0 Å². The Morgan fingerprint density at radius 3 is 2.76 bits per heavy atom. The van der Waals surface area contributed by atoms with E-state index in [0.717, 1.165) is 18.4 Å². The number of hydrogen-bond acceptors (Lipinski definition) is 3. The minimum absolute atomic E-state index is 0.225. The van der Waals surface area contributed by atoms with E-state index in [0.29, 0.717) is 12.0 Å². The van der Waals surface area contributed by atoms with Crippen molar-refractivity contribution in [3.63, 3.8) is 0 Å². The third-order valence-electron chi connectivity index (χ3n) is 3.57. The number of allylic oxidation sites excluding steroid dienone is 1. The Balaban J connectivity index is 2.11. The molecule has 0 saturated carbocycles. The first-order chi connectivity index (χ1) is 10.1. The summed E-state index contributed by atoms with van der Waals surface area (Å²) in [5.41, 5.74) is 1.70. The van der Waals surface area contributed by atoms with Crippen LogP contribution in [0.25, 0.3) is 0 Å². The van der Waals surface area contributed by atoms with Gasteiger partial charge in [0.05, 0.1) is 6.04 Å². The van der Waals surface area contributed by atoms with Crippen molar-refractivity contribution < 1.29 is 14.3 Å². The molecule has 0 spiro atoms. The second kappa shape index (κ2) is 7.07. The summed E-state index contributed by atoms with van der Waals surface area (Å²) in [6, 6.07) is 9.60. The molecule has 0 unspecified atom stereocenters. The van der Waals surface area contributed by atoms with Crippen molar-refractivity contribution in [2.24, 2.45) is 0 Å². The van der Waals surface area contributed by atoms with Crippen molar-refractivity contribution in [1.29, 1.82) is 0 Å². The van der Waals surface area contributed by atoms with E-state index < -0.39 is 6.09 Å². The molecule has 2 rings (SSSR count). The number of unbranched alkanes of at least 4 members (excludes halogenated alkanes) is 1. The summed E-state index contributed by atoms with van der Waals surface area (Å²) in [7, 11) is 0. The van der Waals surface area contributed by atoms with Gasteiger partial charge in [0, 0.05) is 5.57 Å². The first kappa shape index (κ1) is 15.3. The fourth-order valence-electron chi connectivity index (χ4n) is 2.38. The maximum absolute atomic E-state index is 12.4. The summed E-state index contributed by atoms with van der Waals surface area (Å²) in [5.74, 6) is -0.244. The van der Waals surface area contributed by atoms with Crippen molar-refractivity contribution in [2.45, 2.75) is 39.2 Å². The molecule has 2 amide bonds. The van der Waals surface area contributed by atoms with Gasteiger partial charge in [-0.2, -0.15) is 0 Å². The number of benzene rings is 1. The van der Waals surface area contributed by atoms with Crippen LogP contribution in [0.4, 0.5) is 4.79 Å². The van der Waals surface area contributed by atoms with E-state index in [1.165, 1.54) is 4.90 Å². The lowest BCUT2D eigenvalue weighted by molar-refractivity contribution is -0.125. The van der Waals surface area contributed by atoms with Crippen LogP contribution in [0.1, 0.15) is 32.3 Å². The van der Waals surface area contributed by atoms with Gasteiger partial charge in [-0.25, -0.2) is 9.69 Å². The quantitative estimate of drug-likeness (QED) is 0.780. The molecule has 1 aliphatic heterocycles. The van der Waals surface area contributed by atoms with Crippen molar-refractivity contribution in [2.75, 3.05) is 6.61 Å². The summed E-state index contributed by atoms with van der Waals surface area (Å²) in [5, 5.41) is 0. The molecular weight excluding hydrogens is 266 g/mol. The minimum atomic E-state index is -0.537. The van der Waals surface area contributed by atoms with Gasteiger partial charge in [0.25, 0.3) is 5.91 Å². The molecule has 4 nitrogen and oxygen atoms in total. The fourth-order valence-corrected chi connectivity index (χ4v) is 2.38. The molecule has 1 aliphatic rings. The van der Waals surface area contributed by atoms with Crippen molar-refractivity contribution in [1.82, 2.24) is 4.90 Å². The number of ether oxygens (including phenoxy) is 1. The summed E-state index contributed by atoms with van der Waals surface area (Å²) < 4.78 is 5.07. The number of carbonyl (C=O) groups excluding carboxylic acids is 2. The largest absolute Gasteiger partial charge is 0.447 e. The Hall–Kier alpha value is -2.10. The molecule has 0 radical (unpaired) electrons. The van der Waals surface area contributed by atoms with Crippen molar-refractivity contribution in [3.05, 3.63) is 47.5 Å². The lowest BCUT2D eigenvalue weighted by atomic mass is 10.1. The van der Waals surface area contributed by atoms with Crippen LogP contribution in [0.15, 0.2) is 42.0 Å². The maximum Gasteiger partial charge on any atom is 0.417 e. The van der Waals surface area contributed by atoms with Gasteiger partial charge in [-0.15, -0.1) is 0 Å². The molecule has 112 valence electrons. The average molecular weight is 287 g/mol. The highest BCUT2D eigenvalue weighted by Gasteiger charge is 2.38. The Morgan fingerprint density at radius 2 is 2.10 bits per heavy atom. The highest BCUT2D eigenvalue weighted by molar-refractivity contribution is 6.03. The van der Waals surface area contributed by atoms with Crippen LogP contribution in [0.3, 0.4) is 0 Å². The number of imide groups is 1. The molecule has 1 atom stereocenters. The number of nitrogens with zero attached hydrogens (tertiary/aromatic N) is 1. The van der Waals surface area contributed by atoms with E-state index in [9.17, 15) is 9.59 Å². The highest BCUT2D eigenvalue weighted by atomic mass is 16.6. The lowest BCUT2D eigenvalue weighted by Gasteiger charge is -2.20. The molecule has 1 saturated heterocycles. The minimum Gasteiger partial charge on any atom is -0.447 e. The average Bonchev–Trinajstić information content (AvgIpc) is 2.85. The number of hydrogen-bond donors (Lipinski definition) is 0. The van der Waals surface area contributed by atoms with Gasteiger partial charge in [0.2, 0.25) is 0 Å². The molecule has 4 heteroatoms. The molecule has 21 heavy (non-hydrogen) atoms. The Labute approximate surface area is 125 Å². The van der Waals surface area contributed by atoms with Crippen LogP contribution in [0.2, 0.25) is 0 Å². The van der Waals surface area contributed by atoms with Gasteiger partial charge in [0.1, 0.15) is 6.61 Å². The van der Waals surface area contributed by atoms with E-state index in [1.54, 1.807) is 6.92 Å². The molecule has 1 aromatic carbocycles. The number of cyclic esters (lactones) is 1. The molecule has 0 N–H and O–H groups in total. The Kier molecular flexibility index (Phi) is 5.14. The van der Waals surface area contributed by atoms with Gasteiger partial charge in [-0.1, -0.05) is 49.8 Å². The number of amides is 2. The zero-order valence-corrected chi connectivity index (χ0v) is 12.5. The molecule has 1 heterocycles. The normalized spacial score (nSPS) is 18.8. The Morgan fingerprint density at radius 1 is 1.38 bits per heavy atom. The third-order valence-corrected chi connectivity index (χ3v) is 3.57. The van der Waals surface area contributed by atoms with Crippen LogP contribution in [0.5, 0.6) is 0 Å². The first-order valence-electron chi connectivity index (χ1n) is 7.34. The van der Waals surface area contributed by atoms with E-state index in [-0.39, 0.29) is 18.6 Å². The van der Waals surface area contributed by atoms with Gasteiger partial charge in [-0.3, -0.25) is 4.79 Å². The number of carbonyl (C=O) groups is 2. The standard InChI is InChI=1S/C17H21NO3/c1-3-4-8-13(2)16(19)18-15(12-21-17(18)20)11-14-9-6-5-7-10-14/h5-10,15H,3-4,11-12H2,1-2H3/t15-/m0/s1. The van der Waals surface area contributed by atoms with Gasteiger partial charge >= 0.3 is 6.09 Å². The second-order valence-electron chi connectivity index (χ2n) is 5.27. The Bertz CT molecular complexity index is 536. The topological polar surface area (TPSA) is 46.6 Å². The van der Waals surface area contributed by atoms with Gasteiger partial charge < -0.3 is 4.74 Å². The fraction of sp³-hybridized carbons (Fsp3) is 0.412. The SMILES string of the molecule is CCCC=C(C)C(=O)N1C(=O)OC[C@@H]1Cc1ccccc1. The zero-order chi connectivity index (χ0) is 15.2. The monoisotopic (exact) mass is 287 g/mol. The first-order valence-corrected chi connectivity index (χ1v) is 7.34. The van der Waals surface area contributed by atoms with Crippen molar-refractivity contribution in [3.8, 4) is 0 Å². The predicted molar refractivity (Wildman–Crippen MR) is 80.8 cm³/mol. The molecule has 0 aliphatic carbocycles. The van der Waals surface area contributed by atoms with Crippen LogP contribution < -0.4 is 0 Å². The van der Waals surface area contributed by atoms with E-state index in [2.05, 4.69) is 6.92 Å². The maximum atomic E-state index is 12.4. The summed E-state index contributed by atoms with van der Waals surface area (Å²) in [4.78, 5) is 25.5. The summed E-state index contributed by atoms with van der Waals surface area (Å²) in [6.07, 6.45) is 3.78. The molecule has 1 fully saturated rings. The second-order valence-corrected chi connectivity index (χ2v) is 5.27. The summed E-state index contributed by atoms with van der Waals surface area (Å²) in [6.45, 7) is 4.07. The number of rotatable bonds is 5. The van der Waals surface area contributed by atoms with Gasteiger partial charge in [-0.05, 0) is 25.3 Å². The van der Waals surface area contributed by atoms with Crippen LogP contribution >= 0.6 is 0 Å². The van der Waals surface area contributed by atoms with Crippen LogP contribution in [0, 0.1) is 0 Å². The molecule has 0 aromatic heterocycles. The highest BCUT2D eigenvalue weighted by Crippen LogP contribution is 2.20. The smallest absolute Gasteiger partial charge is 0.417 e. The molecule has 1 aromatic rings. The summed E-state index contributed by atoms with van der Waals surface area (Å²) >= 11 is 0. The molecular formula is C17H21NO3. The van der Waals surface area contributed by atoms with Crippen molar-refractivity contribution >= 4 is 12.0 Å². The van der Waals surface area contributed by atoms with Crippen LogP contribution in [-0.2, 0) is 16.0 Å². The van der Waals surface area contributed by atoms with Gasteiger partial charge in [0.15, 0.2) is 0 Å². The van der Waals surface area contributed by atoms with E-state index in [1.807, 2.05) is 36.4 Å².